The molecule has 1 fully saturated rings. The number of hydrogen-bond donors (Lipinski definition) is 2. The summed E-state index contributed by atoms with van der Waals surface area (Å²) in [7, 11) is 3.32. The van der Waals surface area contributed by atoms with Gasteiger partial charge >= 0.3 is 0 Å². The summed E-state index contributed by atoms with van der Waals surface area (Å²) in [5.41, 5.74) is 1.02. The molecule has 0 radical (unpaired) electrons. The Bertz CT molecular complexity index is 884. The van der Waals surface area contributed by atoms with E-state index in [0.29, 0.717) is 12.6 Å². The van der Waals surface area contributed by atoms with Crippen molar-refractivity contribution in [2.24, 2.45) is 4.99 Å². The molecule has 1 aromatic carbocycles. The second-order valence-corrected chi connectivity index (χ2v) is 8.74. The van der Waals surface area contributed by atoms with Crippen molar-refractivity contribution in [2.75, 3.05) is 45.3 Å². The van der Waals surface area contributed by atoms with Gasteiger partial charge in [0.05, 0.1) is 20.8 Å². The summed E-state index contributed by atoms with van der Waals surface area (Å²) in [4.78, 5) is 11.8. The van der Waals surface area contributed by atoms with E-state index in [-0.39, 0.29) is 29.4 Å². The number of nitrogens with zero attached hydrogens (tertiary/aromatic N) is 3. The van der Waals surface area contributed by atoms with Crippen LogP contribution in [0.25, 0.3) is 0 Å². The van der Waals surface area contributed by atoms with Gasteiger partial charge in [0.2, 0.25) is 0 Å². The van der Waals surface area contributed by atoms with Crippen LogP contribution in [0.5, 0.6) is 11.5 Å². The van der Waals surface area contributed by atoms with Crippen LogP contribution in [-0.2, 0) is 5.41 Å². The molecule has 1 aliphatic heterocycles. The fourth-order valence-corrected chi connectivity index (χ4v) is 3.93. The van der Waals surface area contributed by atoms with Gasteiger partial charge in [0.1, 0.15) is 5.82 Å². The molecule has 8 heteroatoms. The molecule has 1 aromatic heterocycles. The Balaban J connectivity index is 0.00000385. The van der Waals surface area contributed by atoms with Crippen LogP contribution in [0.2, 0.25) is 0 Å². The molecule has 2 aromatic rings. The van der Waals surface area contributed by atoms with Gasteiger partial charge < -0.3 is 25.0 Å². The third-order valence-corrected chi connectivity index (χ3v) is 5.95. The van der Waals surface area contributed by atoms with Crippen LogP contribution in [0.1, 0.15) is 39.2 Å². The molecule has 0 unspecified atom stereocenters. The summed E-state index contributed by atoms with van der Waals surface area (Å²) < 4.78 is 10.9. The van der Waals surface area contributed by atoms with Crippen molar-refractivity contribution in [3.63, 3.8) is 0 Å². The number of piperidine rings is 1. The first-order valence-corrected chi connectivity index (χ1v) is 11.4. The van der Waals surface area contributed by atoms with Crippen molar-refractivity contribution in [1.29, 1.82) is 0 Å². The Morgan fingerprint density at radius 1 is 1.12 bits per heavy atom. The van der Waals surface area contributed by atoms with Gasteiger partial charge in [0.15, 0.2) is 17.5 Å². The van der Waals surface area contributed by atoms with Crippen LogP contribution in [-0.4, -0.2) is 57.4 Å². The first kappa shape index (κ1) is 27.0. The van der Waals surface area contributed by atoms with Gasteiger partial charge in [-0.1, -0.05) is 26.0 Å². The fourth-order valence-electron chi connectivity index (χ4n) is 3.93. The lowest BCUT2D eigenvalue weighted by atomic mass is 9.84. The smallest absolute Gasteiger partial charge is 0.191 e. The average molecular weight is 568 g/mol. The van der Waals surface area contributed by atoms with Crippen LogP contribution >= 0.6 is 24.0 Å². The van der Waals surface area contributed by atoms with Crippen molar-refractivity contribution >= 4 is 35.8 Å². The lowest BCUT2D eigenvalue weighted by Crippen LogP contribution is -2.49. The van der Waals surface area contributed by atoms with E-state index in [1.807, 2.05) is 30.5 Å². The SMILES string of the molecule is CCNC(=NCC(C)(C)c1ccc(OC)c(OC)c1)NC1CCN(c2ccccn2)CC1.I. The van der Waals surface area contributed by atoms with Crippen molar-refractivity contribution < 1.29 is 9.47 Å². The second-order valence-electron chi connectivity index (χ2n) is 8.74. The number of benzene rings is 1. The van der Waals surface area contributed by atoms with E-state index >= 15 is 0 Å². The van der Waals surface area contributed by atoms with E-state index in [4.69, 9.17) is 14.5 Å². The van der Waals surface area contributed by atoms with E-state index in [1.165, 1.54) is 5.56 Å². The van der Waals surface area contributed by atoms with Crippen molar-refractivity contribution in [3.05, 3.63) is 48.2 Å². The number of halogens is 1. The summed E-state index contributed by atoms with van der Waals surface area (Å²) in [5, 5.41) is 7.05. The lowest BCUT2D eigenvalue weighted by molar-refractivity contribution is 0.353. The highest BCUT2D eigenvalue weighted by molar-refractivity contribution is 14.0. The Labute approximate surface area is 215 Å². The largest absolute Gasteiger partial charge is 0.493 e. The Morgan fingerprint density at radius 2 is 1.85 bits per heavy atom. The number of rotatable bonds is 8. The van der Waals surface area contributed by atoms with Gasteiger partial charge in [-0.3, -0.25) is 4.99 Å². The number of ether oxygens (including phenoxy) is 2. The van der Waals surface area contributed by atoms with Gasteiger partial charge in [-0.05, 0) is 49.6 Å². The molecule has 1 saturated heterocycles. The van der Waals surface area contributed by atoms with Crippen molar-refractivity contribution in [2.45, 2.75) is 45.1 Å². The molecule has 33 heavy (non-hydrogen) atoms. The Morgan fingerprint density at radius 3 is 2.45 bits per heavy atom. The van der Waals surface area contributed by atoms with Gasteiger partial charge in [0.25, 0.3) is 0 Å². The van der Waals surface area contributed by atoms with E-state index in [9.17, 15) is 0 Å². The fraction of sp³-hybridized carbons (Fsp3) is 0.520. The van der Waals surface area contributed by atoms with E-state index in [0.717, 1.165) is 55.8 Å². The van der Waals surface area contributed by atoms with Crippen LogP contribution in [0.15, 0.2) is 47.6 Å². The average Bonchev–Trinajstić information content (AvgIpc) is 2.83. The normalized spacial score (nSPS) is 14.9. The minimum atomic E-state index is -0.149. The van der Waals surface area contributed by atoms with Crippen LogP contribution < -0.4 is 25.0 Å². The molecule has 7 nitrogen and oxygen atoms in total. The molecule has 0 amide bonds. The number of anilines is 1. The molecule has 0 atom stereocenters. The summed E-state index contributed by atoms with van der Waals surface area (Å²) in [5.74, 6) is 3.41. The minimum absolute atomic E-state index is 0. The maximum absolute atomic E-state index is 5.48. The zero-order valence-electron chi connectivity index (χ0n) is 20.4. The molecular weight excluding hydrogens is 529 g/mol. The van der Waals surface area contributed by atoms with Crippen LogP contribution in [0.3, 0.4) is 0 Å². The molecule has 1 aliphatic rings. The predicted octanol–water partition coefficient (Wildman–Crippen LogP) is 4.22. The van der Waals surface area contributed by atoms with Gasteiger partial charge in [-0.15, -0.1) is 24.0 Å². The number of aromatic nitrogens is 1. The molecular formula is C25H38IN5O2. The maximum Gasteiger partial charge on any atom is 0.191 e. The number of guanidine groups is 1. The number of pyridine rings is 1. The number of hydrogen-bond acceptors (Lipinski definition) is 5. The molecule has 0 spiro atoms. The molecule has 2 N–H and O–H groups in total. The quantitative estimate of drug-likeness (QED) is 0.283. The van der Waals surface area contributed by atoms with Crippen molar-refractivity contribution in [1.82, 2.24) is 15.6 Å². The highest BCUT2D eigenvalue weighted by Gasteiger charge is 2.24. The van der Waals surface area contributed by atoms with Crippen LogP contribution in [0.4, 0.5) is 5.82 Å². The summed E-state index contributed by atoms with van der Waals surface area (Å²) in [6, 6.07) is 12.6. The molecule has 0 saturated carbocycles. The summed E-state index contributed by atoms with van der Waals surface area (Å²) in [6.07, 6.45) is 3.97. The van der Waals surface area contributed by atoms with Crippen molar-refractivity contribution in [3.8, 4) is 11.5 Å². The number of methoxy groups -OCH3 is 2. The predicted molar refractivity (Wildman–Crippen MR) is 147 cm³/mol. The van der Waals surface area contributed by atoms with E-state index in [2.05, 4.69) is 53.4 Å². The minimum Gasteiger partial charge on any atom is -0.493 e. The second kappa shape index (κ2) is 12.9. The molecule has 2 heterocycles. The Kier molecular flexibility index (Phi) is 10.5. The maximum atomic E-state index is 5.48. The highest BCUT2D eigenvalue weighted by atomic mass is 127. The molecule has 3 rings (SSSR count). The monoisotopic (exact) mass is 567 g/mol. The van der Waals surface area contributed by atoms with E-state index < -0.39 is 0 Å². The topological polar surface area (TPSA) is 71.0 Å². The first-order valence-electron chi connectivity index (χ1n) is 11.4. The zero-order valence-corrected chi connectivity index (χ0v) is 22.8. The molecule has 182 valence electrons. The summed E-state index contributed by atoms with van der Waals surface area (Å²) >= 11 is 0. The number of aliphatic imine (C=N–C) groups is 1. The zero-order chi connectivity index (χ0) is 23.0. The van der Waals surface area contributed by atoms with Crippen LogP contribution in [0, 0.1) is 0 Å². The van der Waals surface area contributed by atoms with Gasteiger partial charge in [-0.25, -0.2) is 4.98 Å². The third kappa shape index (κ3) is 7.38. The molecule has 0 bridgehead atoms. The summed E-state index contributed by atoms with van der Waals surface area (Å²) in [6.45, 7) is 9.97. The molecule has 0 aliphatic carbocycles. The van der Waals surface area contributed by atoms with Gasteiger partial charge in [0, 0.05) is 37.3 Å². The standard InChI is InChI=1S/C25H37N5O2.HI/c1-6-26-24(29-20-12-15-30(16-13-20)23-9-7-8-14-27-23)28-18-25(2,3)19-10-11-21(31-4)22(17-19)32-5;/h7-11,14,17,20H,6,12-13,15-16,18H2,1-5H3,(H2,26,28,29);1H. The van der Waals surface area contributed by atoms with E-state index in [1.54, 1.807) is 14.2 Å². The highest BCUT2D eigenvalue weighted by Crippen LogP contribution is 2.33. The Hall–Kier alpha value is -2.23. The number of nitrogens with one attached hydrogen (secondary N) is 2. The van der Waals surface area contributed by atoms with Gasteiger partial charge in [-0.2, -0.15) is 0 Å². The first-order chi connectivity index (χ1) is 15.5. The lowest BCUT2D eigenvalue weighted by Gasteiger charge is -2.34. The third-order valence-electron chi connectivity index (χ3n) is 5.95.